The van der Waals surface area contributed by atoms with Gasteiger partial charge in [-0.25, -0.2) is 4.68 Å². The van der Waals surface area contributed by atoms with Crippen LogP contribution in [0.15, 0.2) is 60.9 Å². The van der Waals surface area contributed by atoms with E-state index in [0.717, 1.165) is 33.9 Å². The minimum absolute atomic E-state index is 0.0140. The minimum atomic E-state index is -0.860. The maximum Gasteiger partial charge on any atom is 0.303 e. The van der Waals surface area contributed by atoms with Crippen molar-refractivity contribution in [3.63, 3.8) is 0 Å². The number of rotatable bonds is 7. The maximum atomic E-state index is 11.5. The molecule has 0 radical (unpaired) electrons. The van der Waals surface area contributed by atoms with E-state index in [2.05, 4.69) is 15.5 Å². The fraction of sp³-hybridized carbons (Fsp3) is 0.136. The number of nitrogens with zero attached hydrogens (tertiary/aromatic N) is 5. The number of aryl methyl sites for hydroxylation is 2. The number of aliphatic carboxylic acids is 1. The molecule has 0 unspecified atom stereocenters. The summed E-state index contributed by atoms with van der Waals surface area (Å²) in [6, 6.07) is 16.9. The van der Waals surface area contributed by atoms with Gasteiger partial charge in [0.15, 0.2) is 0 Å². The zero-order valence-corrected chi connectivity index (χ0v) is 16.8. The highest BCUT2D eigenvalue weighted by Crippen LogP contribution is 2.30. The van der Waals surface area contributed by atoms with E-state index < -0.39 is 11.9 Å². The Labute approximate surface area is 177 Å². The monoisotopic (exact) mass is 416 g/mol. The van der Waals surface area contributed by atoms with Crippen LogP contribution in [-0.4, -0.2) is 41.8 Å². The number of nitrogens with two attached hydrogens (primary N) is 1. The Hall–Kier alpha value is -4.27. The first kappa shape index (κ1) is 20.0. The lowest BCUT2D eigenvalue weighted by atomic mass is 10.1. The predicted octanol–water partition coefficient (Wildman–Crippen LogP) is 2.54. The first-order valence-electron chi connectivity index (χ1n) is 9.61. The van der Waals surface area contributed by atoms with Crippen molar-refractivity contribution in [2.45, 2.75) is 19.8 Å². The summed E-state index contributed by atoms with van der Waals surface area (Å²) in [5.41, 5.74) is 11.1. The fourth-order valence-corrected chi connectivity index (χ4v) is 3.54. The van der Waals surface area contributed by atoms with E-state index in [0.29, 0.717) is 12.0 Å². The predicted molar refractivity (Wildman–Crippen MR) is 113 cm³/mol. The lowest BCUT2D eigenvalue weighted by molar-refractivity contribution is -0.136. The Kier molecular flexibility index (Phi) is 5.31. The second-order valence-corrected chi connectivity index (χ2v) is 7.11. The third-order valence-corrected chi connectivity index (χ3v) is 5.06. The van der Waals surface area contributed by atoms with Gasteiger partial charge in [0.1, 0.15) is 6.33 Å². The van der Waals surface area contributed by atoms with Crippen molar-refractivity contribution >= 4 is 11.9 Å². The molecule has 2 aromatic carbocycles. The Morgan fingerprint density at radius 2 is 1.84 bits per heavy atom. The van der Waals surface area contributed by atoms with E-state index in [-0.39, 0.29) is 6.42 Å². The number of hydrogen-bond donors (Lipinski definition) is 2. The number of tetrazole rings is 1. The number of benzene rings is 2. The van der Waals surface area contributed by atoms with Gasteiger partial charge in [-0.2, -0.15) is 0 Å². The van der Waals surface area contributed by atoms with Crippen molar-refractivity contribution in [3.8, 4) is 22.6 Å². The van der Waals surface area contributed by atoms with E-state index in [1.165, 1.54) is 6.33 Å². The van der Waals surface area contributed by atoms with E-state index in [1.807, 2.05) is 54.0 Å². The lowest BCUT2D eigenvalue weighted by Gasteiger charge is -2.17. The van der Waals surface area contributed by atoms with Gasteiger partial charge in [-0.3, -0.25) is 9.59 Å². The molecule has 2 heterocycles. The number of carbonyl (C=O) groups is 2. The summed E-state index contributed by atoms with van der Waals surface area (Å²) in [5, 5.41) is 20.3. The van der Waals surface area contributed by atoms with Gasteiger partial charge < -0.3 is 15.4 Å². The molecular formula is C22H20N6O3. The molecule has 4 aromatic rings. The number of hydrogen-bond acceptors (Lipinski definition) is 5. The molecule has 0 saturated carbocycles. The molecule has 3 N–H and O–H groups in total. The zero-order valence-electron chi connectivity index (χ0n) is 16.8. The lowest BCUT2D eigenvalue weighted by Crippen LogP contribution is -2.12. The topological polar surface area (TPSA) is 129 Å². The molecule has 31 heavy (non-hydrogen) atoms. The van der Waals surface area contributed by atoms with Crippen molar-refractivity contribution in [2.24, 2.45) is 5.73 Å². The van der Waals surface area contributed by atoms with Gasteiger partial charge in [-0.1, -0.05) is 12.1 Å². The highest BCUT2D eigenvalue weighted by Gasteiger charge is 2.16. The van der Waals surface area contributed by atoms with Gasteiger partial charge in [0.25, 0.3) is 0 Å². The quantitative estimate of drug-likeness (QED) is 0.476. The van der Waals surface area contributed by atoms with E-state index in [9.17, 15) is 9.59 Å². The normalized spacial score (nSPS) is 10.9. The number of carboxylic acids is 1. The number of carbonyl (C=O) groups excluding carboxylic acids is 1. The first-order valence-corrected chi connectivity index (χ1v) is 9.61. The summed E-state index contributed by atoms with van der Waals surface area (Å²) in [5.74, 6) is -1.35. The molecule has 0 saturated heterocycles. The molecule has 156 valence electrons. The van der Waals surface area contributed by atoms with Gasteiger partial charge in [0, 0.05) is 16.9 Å². The Bertz CT molecular complexity index is 1240. The number of primary amides is 1. The van der Waals surface area contributed by atoms with Crippen LogP contribution in [0.1, 0.15) is 28.0 Å². The fourth-order valence-electron chi connectivity index (χ4n) is 3.54. The molecule has 2 aromatic heterocycles. The molecule has 9 heteroatoms. The largest absolute Gasteiger partial charge is 0.481 e. The van der Waals surface area contributed by atoms with Crippen LogP contribution in [0.25, 0.3) is 22.6 Å². The summed E-state index contributed by atoms with van der Waals surface area (Å²) in [4.78, 5) is 22.7. The van der Waals surface area contributed by atoms with Gasteiger partial charge in [-0.15, -0.1) is 5.10 Å². The van der Waals surface area contributed by atoms with E-state index in [1.54, 1.807) is 16.8 Å². The Morgan fingerprint density at radius 3 is 2.45 bits per heavy atom. The van der Waals surface area contributed by atoms with Gasteiger partial charge >= 0.3 is 5.97 Å². The second kappa shape index (κ2) is 8.23. The average Bonchev–Trinajstić information content (AvgIpc) is 3.42. The zero-order chi connectivity index (χ0) is 22.0. The van der Waals surface area contributed by atoms with Crippen LogP contribution in [0.5, 0.6) is 0 Å². The summed E-state index contributed by atoms with van der Waals surface area (Å²) in [6.45, 7) is 1.90. The summed E-state index contributed by atoms with van der Waals surface area (Å²) >= 11 is 0. The molecule has 0 aliphatic carbocycles. The second-order valence-electron chi connectivity index (χ2n) is 7.11. The van der Waals surface area contributed by atoms with Crippen LogP contribution in [0.2, 0.25) is 0 Å². The molecule has 0 aliphatic rings. The smallest absolute Gasteiger partial charge is 0.303 e. The number of amides is 1. The van der Waals surface area contributed by atoms with Crippen molar-refractivity contribution in [1.29, 1.82) is 0 Å². The van der Waals surface area contributed by atoms with Crippen molar-refractivity contribution in [3.05, 3.63) is 77.7 Å². The molecule has 9 nitrogen and oxygen atoms in total. The summed E-state index contributed by atoms with van der Waals surface area (Å²) < 4.78 is 3.59. The Morgan fingerprint density at radius 1 is 1.06 bits per heavy atom. The van der Waals surface area contributed by atoms with Crippen molar-refractivity contribution in [1.82, 2.24) is 24.8 Å². The maximum absolute atomic E-state index is 11.5. The number of aromatic nitrogens is 5. The molecule has 4 rings (SSSR count). The van der Waals surface area contributed by atoms with Crippen molar-refractivity contribution < 1.29 is 14.7 Å². The standard InChI is InChI=1S/C22H20N6O3/c1-14-12-16(22(23)31)4-9-19(14)28-18(8-11-21(29)30)7-10-20(28)15-2-5-17(6-3-15)27-13-24-25-26-27/h2-7,9-10,12-13H,8,11H2,1H3,(H2,23,31)(H,29,30). The average molecular weight is 416 g/mol. The SMILES string of the molecule is Cc1cc(C(N)=O)ccc1-n1c(CCC(=O)O)ccc1-c1ccc(-n2cnnn2)cc1. The molecule has 0 bridgehead atoms. The Balaban J connectivity index is 1.80. The van der Waals surface area contributed by atoms with Crippen molar-refractivity contribution in [2.75, 3.05) is 0 Å². The molecular weight excluding hydrogens is 396 g/mol. The van der Waals surface area contributed by atoms with Crippen LogP contribution in [0.3, 0.4) is 0 Å². The van der Waals surface area contributed by atoms with E-state index >= 15 is 0 Å². The van der Waals surface area contributed by atoms with Crippen LogP contribution < -0.4 is 5.73 Å². The van der Waals surface area contributed by atoms with Crippen LogP contribution in [0.4, 0.5) is 0 Å². The van der Waals surface area contributed by atoms with Gasteiger partial charge in [-0.05, 0) is 77.4 Å². The molecule has 0 fully saturated rings. The van der Waals surface area contributed by atoms with Crippen LogP contribution >= 0.6 is 0 Å². The third kappa shape index (κ3) is 4.06. The minimum Gasteiger partial charge on any atom is -0.481 e. The van der Waals surface area contributed by atoms with Crippen LogP contribution in [0, 0.1) is 6.92 Å². The summed E-state index contributed by atoms with van der Waals surface area (Å²) in [7, 11) is 0. The molecule has 0 atom stereocenters. The molecule has 0 aliphatic heterocycles. The number of carboxylic acid groups (broad SMARTS) is 1. The van der Waals surface area contributed by atoms with Gasteiger partial charge in [0.05, 0.1) is 17.8 Å². The first-order chi connectivity index (χ1) is 14.9. The molecule has 0 spiro atoms. The third-order valence-electron chi connectivity index (χ3n) is 5.06. The molecule has 1 amide bonds. The highest BCUT2D eigenvalue weighted by molar-refractivity contribution is 5.93. The van der Waals surface area contributed by atoms with E-state index in [4.69, 9.17) is 10.8 Å². The highest BCUT2D eigenvalue weighted by atomic mass is 16.4. The van der Waals surface area contributed by atoms with Gasteiger partial charge in [0.2, 0.25) is 5.91 Å². The summed E-state index contributed by atoms with van der Waals surface area (Å²) in [6.07, 6.45) is 1.90. The van der Waals surface area contributed by atoms with Crippen LogP contribution in [-0.2, 0) is 11.2 Å².